The van der Waals surface area contributed by atoms with Crippen LogP contribution >= 0.6 is 0 Å². The molecule has 3 aromatic heterocycles. The predicted octanol–water partition coefficient (Wildman–Crippen LogP) is 2.49. The molecule has 0 unspecified atom stereocenters. The second kappa shape index (κ2) is 6.35. The lowest BCUT2D eigenvalue weighted by Gasteiger charge is -2.14. The third-order valence-electron chi connectivity index (χ3n) is 5.82. The van der Waals surface area contributed by atoms with E-state index in [1.54, 1.807) is 16.9 Å². The van der Waals surface area contributed by atoms with Crippen LogP contribution in [-0.2, 0) is 28.1 Å². The fourth-order valence-electron chi connectivity index (χ4n) is 4.06. The summed E-state index contributed by atoms with van der Waals surface area (Å²) in [6.45, 7) is 5.76. The third kappa shape index (κ3) is 2.79. The lowest BCUT2D eigenvalue weighted by Crippen LogP contribution is -2.26. The van der Waals surface area contributed by atoms with Gasteiger partial charge in [0.1, 0.15) is 11.4 Å². The lowest BCUT2D eigenvalue weighted by molar-refractivity contribution is -0.119. The Hall–Kier alpha value is -3.79. The van der Waals surface area contributed by atoms with Gasteiger partial charge in [0.05, 0.1) is 30.9 Å². The van der Waals surface area contributed by atoms with Crippen LogP contribution in [0.2, 0.25) is 0 Å². The molecule has 0 aliphatic carbocycles. The summed E-state index contributed by atoms with van der Waals surface area (Å²) in [5, 5.41) is 15.3. The van der Waals surface area contributed by atoms with Gasteiger partial charge in [-0.1, -0.05) is 6.07 Å². The maximum Gasteiger partial charge on any atom is 0.247 e. The molecule has 0 spiro atoms. The van der Waals surface area contributed by atoms with Gasteiger partial charge < -0.3 is 15.4 Å². The van der Waals surface area contributed by atoms with Gasteiger partial charge in [-0.3, -0.25) is 9.48 Å². The number of nitrogens with one attached hydrogen (secondary N) is 2. The molecular formula is C21H20N8O2. The molecule has 0 fully saturated rings. The van der Waals surface area contributed by atoms with Crippen molar-refractivity contribution in [2.75, 3.05) is 17.2 Å². The Morgan fingerprint density at radius 2 is 2.13 bits per heavy atom. The monoisotopic (exact) mass is 416 g/mol. The predicted molar refractivity (Wildman–Crippen MR) is 113 cm³/mol. The van der Waals surface area contributed by atoms with E-state index in [-0.39, 0.29) is 5.91 Å². The van der Waals surface area contributed by atoms with Crippen LogP contribution < -0.4 is 10.6 Å². The zero-order valence-corrected chi connectivity index (χ0v) is 17.1. The van der Waals surface area contributed by atoms with Gasteiger partial charge in [-0.05, 0) is 37.6 Å². The van der Waals surface area contributed by atoms with Crippen molar-refractivity contribution in [2.45, 2.75) is 32.4 Å². The maximum atomic E-state index is 12.2. The molecule has 0 radical (unpaired) electrons. The SMILES string of the molecule is CC1(C)C(=O)Nc2cc(Nc3nc4c(-c5cc6n(n5)CCOC6)nccn4n3)ccc21. The van der Waals surface area contributed by atoms with Crippen molar-refractivity contribution in [2.24, 2.45) is 0 Å². The highest BCUT2D eigenvalue weighted by Crippen LogP contribution is 2.39. The molecule has 2 aliphatic heterocycles. The van der Waals surface area contributed by atoms with E-state index in [1.807, 2.05) is 42.8 Å². The molecule has 4 aromatic rings. The van der Waals surface area contributed by atoms with Crippen LogP contribution in [0.1, 0.15) is 25.1 Å². The first-order valence-corrected chi connectivity index (χ1v) is 10.1. The van der Waals surface area contributed by atoms with E-state index in [1.165, 1.54) is 0 Å². The molecule has 0 bridgehead atoms. The Labute approximate surface area is 177 Å². The Balaban J connectivity index is 1.34. The molecule has 1 aromatic carbocycles. The standard InChI is InChI=1S/C21H20N8O2/c1-21(2)14-4-3-12(9-15(14)24-19(21)30)23-20-25-18-17(22-5-6-29(18)27-20)16-10-13-11-31-8-7-28(13)26-16/h3-6,9-10H,7-8,11H2,1-2H3,(H,23,27)(H,24,30). The Bertz CT molecular complexity index is 1330. The minimum absolute atomic E-state index is 0.00520. The number of carbonyl (C=O) groups excluding carboxylic acids is 1. The molecular weight excluding hydrogens is 396 g/mol. The number of nitrogens with zero attached hydrogens (tertiary/aromatic N) is 6. The number of rotatable bonds is 3. The quantitative estimate of drug-likeness (QED) is 0.528. The molecule has 10 nitrogen and oxygen atoms in total. The number of carbonyl (C=O) groups is 1. The largest absolute Gasteiger partial charge is 0.373 e. The number of hydrogen-bond acceptors (Lipinski definition) is 7. The van der Waals surface area contributed by atoms with Gasteiger partial charge in [-0.25, -0.2) is 9.50 Å². The van der Waals surface area contributed by atoms with Crippen molar-refractivity contribution in [3.8, 4) is 11.4 Å². The van der Waals surface area contributed by atoms with Crippen LogP contribution in [0.5, 0.6) is 0 Å². The van der Waals surface area contributed by atoms with E-state index in [2.05, 4.69) is 30.8 Å². The number of amides is 1. The van der Waals surface area contributed by atoms with Crippen LogP contribution in [0, 0.1) is 0 Å². The molecule has 1 amide bonds. The van der Waals surface area contributed by atoms with Gasteiger partial charge in [0.2, 0.25) is 11.9 Å². The minimum Gasteiger partial charge on any atom is -0.373 e. The smallest absolute Gasteiger partial charge is 0.247 e. The highest BCUT2D eigenvalue weighted by Gasteiger charge is 2.38. The van der Waals surface area contributed by atoms with Crippen molar-refractivity contribution in [1.82, 2.24) is 29.4 Å². The zero-order valence-electron chi connectivity index (χ0n) is 17.1. The number of anilines is 3. The van der Waals surface area contributed by atoms with E-state index < -0.39 is 5.41 Å². The van der Waals surface area contributed by atoms with Crippen LogP contribution in [0.25, 0.3) is 17.0 Å². The third-order valence-corrected chi connectivity index (χ3v) is 5.82. The molecule has 0 saturated heterocycles. The van der Waals surface area contributed by atoms with Crippen LogP contribution in [0.15, 0.2) is 36.7 Å². The van der Waals surface area contributed by atoms with Crippen molar-refractivity contribution >= 4 is 28.9 Å². The van der Waals surface area contributed by atoms with Crippen molar-refractivity contribution in [3.63, 3.8) is 0 Å². The van der Waals surface area contributed by atoms with Crippen LogP contribution in [0.4, 0.5) is 17.3 Å². The van der Waals surface area contributed by atoms with Crippen molar-refractivity contribution in [3.05, 3.63) is 47.9 Å². The van der Waals surface area contributed by atoms with Gasteiger partial charge in [0.25, 0.3) is 0 Å². The summed E-state index contributed by atoms with van der Waals surface area (Å²) in [7, 11) is 0. The first-order chi connectivity index (χ1) is 15.0. The van der Waals surface area contributed by atoms with Crippen molar-refractivity contribution in [1.29, 1.82) is 0 Å². The highest BCUT2D eigenvalue weighted by atomic mass is 16.5. The summed E-state index contributed by atoms with van der Waals surface area (Å²) < 4.78 is 9.13. The van der Waals surface area contributed by atoms with E-state index in [0.29, 0.717) is 30.5 Å². The normalized spacial score (nSPS) is 16.8. The summed E-state index contributed by atoms with van der Waals surface area (Å²) >= 11 is 0. The number of hydrogen-bond donors (Lipinski definition) is 2. The average Bonchev–Trinajstić information content (AvgIpc) is 3.41. The molecule has 0 saturated carbocycles. The lowest BCUT2D eigenvalue weighted by atomic mass is 9.86. The van der Waals surface area contributed by atoms with Crippen LogP contribution in [0.3, 0.4) is 0 Å². The summed E-state index contributed by atoms with van der Waals surface area (Å²) in [6, 6.07) is 7.76. The summed E-state index contributed by atoms with van der Waals surface area (Å²) in [4.78, 5) is 21.3. The summed E-state index contributed by atoms with van der Waals surface area (Å²) in [6.07, 6.45) is 3.43. The summed E-state index contributed by atoms with van der Waals surface area (Å²) in [5.74, 6) is 0.430. The topological polar surface area (TPSA) is 111 Å². The fourth-order valence-corrected chi connectivity index (χ4v) is 4.06. The Morgan fingerprint density at radius 1 is 1.23 bits per heavy atom. The van der Waals surface area contributed by atoms with Gasteiger partial charge in [0, 0.05) is 23.8 Å². The van der Waals surface area contributed by atoms with Gasteiger partial charge >= 0.3 is 0 Å². The molecule has 2 aliphatic rings. The first-order valence-electron chi connectivity index (χ1n) is 10.1. The van der Waals surface area contributed by atoms with E-state index >= 15 is 0 Å². The van der Waals surface area contributed by atoms with Gasteiger partial charge in [-0.2, -0.15) is 10.1 Å². The zero-order chi connectivity index (χ0) is 21.2. The van der Waals surface area contributed by atoms with E-state index in [0.717, 1.165) is 34.9 Å². The molecule has 31 heavy (non-hydrogen) atoms. The number of aromatic nitrogens is 6. The van der Waals surface area contributed by atoms with E-state index in [9.17, 15) is 4.79 Å². The van der Waals surface area contributed by atoms with Gasteiger partial charge in [0.15, 0.2) is 5.65 Å². The average molecular weight is 416 g/mol. The van der Waals surface area contributed by atoms with Crippen molar-refractivity contribution < 1.29 is 9.53 Å². The summed E-state index contributed by atoms with van der Waals surface area (Å²) in [5.41, 5.74) is 5.06. The number of benzene rings is 1. The molecule has 156 valence electrons. The molecule has 10 heteroatoms. The second-order valence-corrected chi connectivity index (χ2v) is 8.24. The first kappa shape index (κ1) is 18.0. The molecule has 6 rings (SSSR count). The minimum atomic E-state index is -0.537. The molecule has 5 heterocycles. The fraction of sp³-hybridized carbons (Fsp3) is 0.286. The second-order valence-electron chi connectivity index (χ2n) is 8.24. The molecule has 2 N–H and O–H groups in total. The van der Waals surface area contributed by atoms with Gasteiger partial charge in [-0.15, -0.1) is 5.10 Å². The van der Waals surface area contributed by atoms with Crippen LogP contribution in [-0.4, -0.2) is 41.9 Å². The Kier molecular flexibility index (Phi) is 3.69. The number of fused-ring (bicyclic) bond motifs is 3. The molecule has 0 atom stereocenters. The maximum absolute atomic E-state index is 12.2. The van der Waals surface area contributed by atoms with E-state index in [4.69, 9.17) is 4.74 Å². The number of ether oxygens (including phenoxy) is 1. The Morgan fingerprint density at radius 3 is 3.00 bits per heavy atom. The highest BCUT2D eigenvalue weighted by molar-refractivity contribution is 6.06.